The molecule has 2 nitrogen and oxygen atoms in total. The largest absolute Gasteiger partial charge is 0.378 e. The Hall–Kier alpha value is -0.370. The molecule has 0 aromatic heterocycles. The average Bonchev–Trinajstić information content (AvgIpc) is 2.63. The van der Waals surface area contributed by atoms with Gasteiger partial charge in [-0.3, -0.25) is 4.79 Å². The average molecular weight is 212 g/mol. The first-order chi connectivity index (χ1) is 7.11. The highest BCUT2D eigenvalue weighted by molar-refractivity contribution is 5.78. The molecule has 0 bridgehead atoms. The lowest BCUT2D eigenvalue weighted by Gasteiger charge is -2.18. The van der Waals surface area contributed by atoms with Crippen molar-refractivity contribution >= 4 is 5.78 Å². The summed E-state index contributed by atoms with van der Waals surface area (Å²) in [6.45, 7) is 6.93. The lowest BCUT2D eigenvalue weighted by molar-refractivity contribution is -0.122. The summed E-state index contributed by atoms with van der Waals surface area (Å²) in [6.07, 6.45) is 6.21. The van der Waals surface area contributed by atoms with Crippen LogP contribution in [0.25, 0.3) is 0 Å². The number of Topliss-reactive ketones (excluding diaryl/α,β-unsaturated/α-hetero) is 1. The van der Waals surface area contributed by atoms with E-state index in [9.17, 15) is 4.79 Å². The van der Waals surface area contributed by atoms with Crippen LogP contribution in [-0.4, -0.2) is 18.5 Å². The van der Waals surface area contributed by atoms with Crippen LogP contribution in [0.4, 0.5) is 0 Å². The normalized spacial score (nSPS) is 23.3. The lowest BCUT2D eigenvalue weighted by Crippen LogP contribution is -2.18. The standard InChI is InChI=1S/C13H24O2/c1-10(2)13(11(3)14)8-4-6-12-7-5-9-15-12/h10,12-13H,4-9H2,1-3H3. The Morgan fingerprint density at radius 2 is 2.20 bits per heavy atom. The first-order valence-electron chi connectivity index (χ1n) is 6.23. The number of ether oxygens (including phenoxy) is 1. The second-order valence-electron chi connectivity index (χ2n) is 5.03. The van der Waals surface area contributed by atoms with Crippen LogP contribution in [0.2, 0.25) is 0 Å². The maximum atomic E-state index is 11.4. The summed E-state index contributed by atoms with van der Waals surface area (Å²) in [5, 5.41) is 0. The molecular weight excluding hydrogens is 188 g/mol. The molecule has 0 radical (unpaired) electrons. The molecule has 0 amide bonds. The Morgan fingerprint density at radius 1 is 1.47 bits per heavy atom. The van der Waals surface area contributed by atoms with Gasteiger partial charge in [0, 0.05) is 12.5 Å². The van der Waals surface area contributed by atoms with Gasteiger partial charge in [-0.15, -0.1) is 0 Å². The van der Waals surface area contributed by atoms with Crippen molar-refractivity contribution in [3.63, 3.8) is 0 Å². The van der Waals surface area contributed by atoms with Crippen molar-refractivity contribution in [2.24, 2.45) is 11.8 Å². The molecule has 0 aromatic rings. The highest BCUT2D eigenvalue weighted by atomic mass is 16.5. The lowest BCUT2D eigenvalue weighted by atomic mass is 9.87. The van der Waals surface area contributed by atoms with Crippen molar-refractivity contribution in [3.8, 4) is 0 Å². The van der Waals surface area contributed by atoms with E-state index in [4.69, 9.17) is 4.74 Å². The predicted octanol–water partition coefficient (Wildman–Crippen LogP) is 3.20. The van der Waals surface area contributed by atoms with Crippen molar-refractivity contribution in [2.75, 3.05) is 6.61 Å². The van der Waals surface area contributed by atoms with Gasteiger partial charge in [-0.1, -0.05) is 20.3 Å². The molecule has 15 heavy (non-hydrogen) atoms. The zero-order valence-corrected chi connectivity index (χ0v) is 10.3. The molecule has 0 saturated carbocycles. The molecule has 1 rings (SSSR count). The van der Waals surface area contributed by atoms with Gasteiger partial charge in [0.1, 0.15) is 5.78 Å². The summed E-state index contributed by atoms with van der Waals surface area (Å²) in [6, 6.07) is 0. The van der Waals surface area contributed by atoms with Gasteiger partial charge >= 0.3 is 0 Å². The summed E-state index contributed by atoms with van der Waals surface area (Å²) in [5.74, 6) is 1.08. The maximum absolute atomic E-state index is 11.4. The van der Waals surface area contributed by atoms with Gasteiger partial charge < -0.3 is 4.74 Å². The monoisotopic (exact) mass is 212 g/mol. The molecule has 0 spiro atoms. The summed E-state index contributed by atoms with van der Waals surface area (Å²) in [4.78, 5) is 11.4. The van der Waals surface area contributed by atoms with Crippen molar-refractivity contribution in [1.29, 1.82) is 0 Å². The quantitative estimate of drug-likeness (QED) is 0.676. The van der Waals surface area contributed by atoms with Gasteiger partial charge in [0.2, 0.25) is 0 Å². The third-order valence-electron chi connectivity index (χ3n) is 3.39. The predicted molar refractivity (Wildman–Crippen MR) is 61.8 cm³/mol. The van der Waals surface area contributed by atoms with E-state index in [1.54, 1.807) is 6.92 Å². The Kier molecular flexibility index (Phi) is 5.30. The minimum atomic E-state index is 0.256. The second-order valence-corrected chi connectivity index (χ2v) is 5.03. The number of carbonyl (C=O) groups is 1. The summed E-state index contributed by atoms with van der Waals surface area (Å²) in [7, 11) is 0. The fourth-order valence-corrected chi connectivity index (χ4v) is 2.44. The van der Waals surface area contributed by atoms with E-state index in [-0.39, 0.29) is 5.92 Å². The fourth-order valence-electron chi connectivity index (χ4n) is 2.44. The number of hydrogen-bond acceptors (Lipinski definition) is 2. The first-order valence-corrected chi connectivity index (χ1v) is 6.23. The molecule has 0 aliphatic carbocycles. The van der Waals surface area contributed by atoms with Crippen molar-refractivity contribution in [3.05, 3.63) is 0 Å². The summed E-state index contributed by atoms with van der Waals surface area (Å²) in [5.41, 5.74) is 0. The molecule has 1 heterocycles. The molecule has 1 aliphatic rings. The highest BCUT2D eigenvalue weighted by Gasteiger charge is 2.20. The molecule has 2 heteroatoms. The maximum Gasteiger partial charge on any atom is 0.133 e. The van der Waals surface area contributed by atoms with Crippen LogP contribution in [0.15, 0.2) is 0 Å². The third kappa shape index (κ3) is 4.33. The number of ketones is 1. The van der Waals surface area contributed by atoms with E-state index in [1.807, 2.05) is 0 Å². The van der Waals surface area contributed by atoms with Gasteiger partial charge in [-0.05, 0) is 38.5 Å². The molecule has 0 N–H and O–H groups in total. The number of hydrogen-bond donors (Lipinski definition) is 0. The van der Waals surface area contributed by atoms with E-state index in [1.165, 1.54) is 12.8 Å². The van der Waals surface area contributed by atoms with Crippen LogP contribution < -0.4 is 0 Å². The van der Waals surface area contributed by atoms with Gasteiger partial charge in [0.15, 0.2) is 0 Å². The number of rotatable bonds is 6. The Balaban J connectivity index is 2.18. The smallest absolute Gasteiger partial charge is 0.133 e. The van der Waals surface area contributed by atoms with Crippen LogP contribution in [0.5, 0.6) is 0 Å². The van der Waals surface area contributed by atoms with Crippen LogP contribution in [0.1, 0.15) is 52.9 Å². The van der Waals surface area contributed by atoms with Gasteiger partial charge in [-0.2, -0.15) is 0 Å². The van der Waals surface area contributed by atoms with Gasteiger partial charge in [-0.25, -0.2) is 0 Å². The zero-order chi connectivity index (χ0) is 11.3. The Morgan fingerprint density at radius 3 is 2.67 bits per heavy atom. The van der Waals surface area contributed by atoms with E-state index in [0.29, 0.717) is 17.8 Å². The molecule has 0 aromatic carbocycles. The van der Waals surface area contributed by atoms with E-state index >= 15 is 0 Å². The fraction of sp³-hybridized carbons (Fsp3) is 0.923. The second kappa shape index (κ2) is 6.26. The highest BCUT2D eigenvalue weighted by Crippen LogP contribution is 2.23. The molecule has 2 unspecified atom stereocenters. The minimum absolute atomic E-state index is 0.256. The molecule has 1 fully saturated rings. The Bertz CT molecular complexity index is 193. The van der Waals surface area contributed by atoms with Gasteiger partial charge in [0.05, 0.1) is 6.10 Å². The van der Waals surface area contributed by atoms with E-state index in [0.717, 1.165) is 25.9 Å². The summed E-state index contributed by atoms with van der Waals surface area (Å²) >= 11 is 0. The van der Waals surface area contributed by atoms with Crippen molar-refractivity contribution in [1.82, 2.24) is 0 Å². The van der Waals surface area contributed by atoms with E-state index < -0.39 is 0 Å². The number of carbonyl (C=O) groups excluding carboxylic acids is 1. The van der Waals surface area contributed by atoms with Crippen LogP contribution in [0.3, 0.4) is 0 Å². The molecule has 1 saturated heterocycles. The Labute approximate surface area is 93.4 Å². The van der Waals surface area contributed by atoms with E-state index in [2.05, 4.69) is 13.8 Å². The first kappa shape index (κ1) is 12.7. The molecule has 88 valence electrons. The summed E-state index contributed by atoms with van der Waals surface area (Å²) < 4.78 is 5.57. The van der Waals surface area contributed by atoms with Crippen LogP contribution in [-0.2, 0) is 9.53 Å². The van der Waals surface area contributed by atoms with Gasteiger partial charge in [0.25, 0.3) is 0 Å². The van der Waals surface area contributed by atoms with Crippen molar-refractivity contribution in [2.45, 2.75) is 59.0 Å². The molecule has 2 atom stereocenters. The van der Waals surface area contributed by atoms with Crippen LogP contribution >= 0.6 is 0 Å². The molecular formula is C13H24O2. The van der Waals surface area contributed by atoms with Crippen LogP contribution in [0, 0.1) is 11.8 Å². The SMILES string of the molecule is CC(=O)C(CCCC1CCCO1)C(C)C. The topological polar surface area (TPSA) is 26.3 Å². The minimum Gasteiger partial charge on any atom is -0.378 e. The third-order valence-corrected chi connectivity index (χ3v) is 3.39. The zero-order valence-electron chi connectivity index (χ0n) is 10.3. The molecule has 1 aliphatic heterocycles. The van der Waals surface area contributed by atoms with Crippen molar-refractivity contribution < 1.29 is 9.53 Å².